The van der Waals surface area contributed by atoms with Crippen molar-refractivity contribution in [2.24, 2.45) is 10.4 Å². The highest BCUT2D eigenvalue weighted by atomic mass is 127. The first-order chi connectivity index (χ1) is 10.2. The number of ether oxygens (including phenoxy) is 2. The minimum atomic E-state index is 0. The summed E-state index contributed by atoms with van der Waals surface area (Å²) in [7, 11) is 3.55. The third kappa shape index (κ3) is 4.26. The average molecular weight is 425 g/mol. The summed E-state index contributed by atoms with van der Waals surface area (Å²) in [5.41, 5.74) is 0.331. The Kier molecular flexibility index (Phi) is 8.42. The lowest BCUT2D eigenvalue weighted by Crippen LogP contribution is -2.65. The number of hydrogen-bond donors (Lipinski definition) is 2. The highest BCUT2D eigenvalue weighted by Crippen LogP contribution is 2.54. The summed E-state index contributed by atoms with van der Waals surface area (Å²) in [5.74, 6) is 0.880. The molecule has 0 heterocycles. The number of guanidine groups is 1. The second kappa shape index (κ2) is 9.27. The van der Waals surface area contributed by atoms with Crippen molar-refractivity contribution in [2.45, 2.75) is 64.1 Å². The number of nitrogens with one attached hydrogen (secondary N) is 2. The second-order valence-electron chi connectivity index (χ2n) is 6.39. The highest BCUT2D eigenvalue weighted by molar-refractivity contribution is 14.0. The third-order valence-electron chi connectivity index (χ3n) is 5.02. The van der Waals surface area contributed by atoms with E-state index < -0.39 is 0 Å². The number of hydrogen-bond acceptors (Lipinski definition) is 3. The van der Waals surface area contributed by atoms with Gasteiger partial charge in [0, 0.05) is 38.3 Å². The average Bonchev–Trinajstić information content (AvgIpc) is 2.97. The molecule has 0 amide bonds. The summed E-state index contributed by atoms with van der Waals surface area (Å²) < 4.78 is 11.1. The summed E-state index contributed by atoms with van der Waals surface area (Å²) in [6.07, 6.45) is 6.73. The zero-order chi connectivity index (χ0) is 15.3. The molecule has 22 heavy (non-hydrogen) atoms. The van der Waals surface area contributed by atoms with Gasteiger partial charge in [-0.05, 0) is 33.1 Å². The van der Waals surface area contributed by atoms with Crippen molar-refractivity contribution >= 4 is 29.9 Å². The van der Waals surface area contributed by atoms with Gasteiger partial charge in [-0.15, -0.1) is 24.0 Å². The molecule has 2 aliphatic carbocycles. The van der Waals surface area contributed by atoms with Crippen LogP contribution in [-0.4, -0.2) is 51.5 Å². The number of halogens is 1. The van der Waals surface area contributed by atoms with Gasteiger partial charge in [-0.25, -0.2) is 0 Å². The van der Waals surface area contributed by atoms with E-state index in [4.69, 9.17) is 9.47 Å². The van der Waals surface area contributed by atoms with E-state index in [2.05, 4.69) is 29.5 Å². The van der Waals surface area contributed by atoms with Crippen LogP contribution in [0.2, 0.25) is 0 Å². The van der Waals surface area contributed by atoms with E-state index in [1.807, 2.05) is 7.05 Å². The van der Waals surface area contributed by atoms with Crippen molar-refractivity contribution in [1.82, 2.24) is 10.6 Å². The van der Waals surface area contributed by atoms with Crippen LogP contribution in [0, 0.1) is 5.41 Å². The molecule has 0 aromatic carbocycles. The molecular formula is C16H32IN3O2. The summed E-state index contributed by atoms with van der Waals surface area (Å²) in [4.78, 5) is 4.36. The van der Waals surface area contributed by atoms with Crippen LogP contribution < -0.4 is 10.6 Å². The monoisotopic (exact) mass is 425 g/mol. The van der Waals surface area contributed by atoms with Gasteiger partial charge in [-0.2, -0.15) is 0 Å². The number of aliphatic imine (C=N–C) groups is 1. The van der Waals surface area contributed by atoms with Crippen molar-refractivity contribution in [2.75, 3.05) is 27.4 Å². The Hall–Kier alpha value is -0.0800. The van der Waals surface area contributed by atoms with Crippen molar-refractivity contribution in [1.29, 1.82) is 0 Å². The number of rotatable bonds is 6. The molecule has 2 N–H and O–H groups in total. The largest absolute Gasteiger partial charge is 0.383 e. The van der Waals surface area contributed by atoms with E-state index in [-0.39, 0.29) is 30.0 Å². The van der Waals surface area contributed by atoms with E-state index in [0.29, 0.717) is 24.2 Å². The zero-order valence-corrected chi connectivity index (χ0v) is 16.7. The van der Waals surface area contributed by atoms with Gasteiger partial charge in [-0.3, -0.25) is 4.99 Å². The molecule has 2 fully saturated rings. The quantitative estimate of drug-likeness (QED) is 0.390. The molecule has 2 saturated carbocycles. The molecule has 2 aliphatic rings. The smallest absolute Gasteiger partial charge is 0.191 e. The summed E-state index contributed by atoms with van der Waals surface area (Å²) in [6, 6.07) is 0.737. The predicted octanol–water partition coefficient (Wildman–Crippen LogP) is 2.54. The van der Waals surface area contributed by atoms with Gasteiger partial charge in [0.1, 0.15) is 0 Å². The maximum Gasteiger partial charge on any atom is 0.191 e. The Labute approximate surface area is 152 Å². The molecule has 0 aromatic heterocycles. The Morgan fingerprint density at radius 2 is 2.05 bits per heavy atom. The van der Waals surface area contributed by atoms with Crippen LogP contribution in [0.25, 0.3) is 0 Å². The van der Waals surface area contributed by atoms with Gasteiger partial charge in [0.2, 0.25) is 0 Å². The lowest BCUT2D eigenvalue weighted by atomic mass is 9.60. The van der Waals surface area contributed by atoms with Crippen LogP contribution in [0.4, 0.5) is 0 Å². The fourth-order valence-corrected chi connectivity index (χ4v) is 3.95. The number of methoxy groups -OCH3 is 1. The van der Waals surface area contributed by atoms with Gasteiger partial charge in [0.25, 0.3) is 0 Å². The topological polar surface area (TPSA) is 54.9 Å². The molecule has 0 saturated heterocycles. The predicted molar refractivity (Wildman–Crippen MR) is 101 cm³/mol. The first-order valence-electron chi connectivity index (χ1n) is 8.26. The molecule has 6 heteroatoms. The van der Waals surface area contributed by atoms with Crippen molar-refractivity contribution in [3.8, 4) is 0 Å². The van der Waals surface area contributed by atoms with Gasteiger partial charge in [-0.1, -0.05) is 12.8 Å². The van der Waals surface area contributed by atoms with Crippen LogP contribution >= 0.6 is 24.0 Å². The fraction of sp³-hybridized carbons (Fsp3) is 0.938. The van der Waals surface area contributed by atoms with Gasteiger partial charge in [0.15, 0.2) is 5.96 Å². The minimum Gasteiger partial charge on any atom is -0.383 e. The summed E-state index contributed by atoms with van der Waals surface area (Å²) in [5, 5.41) is 7.01. The fourth-order valence-electron chi connectivity index (χ4n) is 3.95. The Morgan fingerprint density at radius 1 is 1.36 bits per heavy atom. The van der Waals surface area contributed by atoms with Crippen molar-refractivity contribution in [3.05, 3.63) is 0 Å². The van der Waals surface area contributed by atoms with Crippen LogP contribution in [0.3, 0.4) is 0 Å². The van der Waals surface area contributed by atoms with E-state index in [1.165, 1.54) is 25.7 Å². The van der Waals surface area contributed by atoms with Crippen LogP contribution in [0.1, 0.15) is 46.0 Å². The Bertz CT molecular complexity index is 359. The molecule has 5 nitrogen and oxygen atoms in total. The summed E-state index contributed by atoms with van der Waals surface area (Å²) in [6.45, 7) is 5.69. The van der Waals surface area contributed by atoms with Crippen LogP contribution in [0.5, 0.6) is 0 Å². The minimum absolute atomic E-state index is 0. The van der Waals surface area contributed by atoms with Gasteiger partial charge < -0.3 is 20.1 Å². The maximum absolute atomic E-state index is 5.96. The molecule has 3 unspecified atom stereocenters. The van der Waals surface area contributed by atoms with Crippen LogP contribution in [0.15, 0.2) is 4.99 Å². The lowest BCUT2D eigenvalue weighted by Gasteiger charge is -2.54. The molecule has 0 aromatic rings. The Balaban J connectivity index is 0.00000242. The first kappa shape index (κ1) is 20.0. The molecule has 0 aliphatic heterocycles. The normalized spacial score (nSPS) is 27.9. The van der Waals surface area contributed by atoms with Crippen molar-refractivity contribution < 1.29 is 9.47 Å². The second-order valence-corrected chi connectivity index (χ2v) is 6.39. The first-order valence-corrected chi connectivity index (χ1v) is 8.26. The molecule has 130 valence electrons. The van der Waals surface area contributed by atoms with E-state index >= 15 is 0 Å². The number of nitrogens with zero attached hydrogens (tertiary/aromatic N) is 1. The maximum atomic E-state index is 5.96. The third-order valence-corrected chi connectivity index (χ3v) is 5.02. The summed E-state index contributed by atoms with van der Waals surface area (Å²) >= 11 is 0. The lowest BCUT2D eigenvalue weighted by molar-refractivity contribution is -0.125. The van der Waals surface area contributed by atoms with E-state index in [9.17, 15) is 0 Å². The van der Waals surface area contributed by atoms with Crippen LogP contribution in [-0.2, 0) is 9.47 Å². The van der Waals surface area contributed by atoms with E-state index in [0.717, 1.165) is 19.0 Å². The zero-order valence-electron chi connectivity index (χ0n) is 14.4. The molecule has 0 radical (unpaired) electrons. The highest BCUT2D eigenvalue weighted by Gasteiger charge is 2.56. The molecular weight excluding hydrogens is 393 g/mol. The molecule has 0 bridgehead atoms. The van der Waals surface area contributed by atoms with Gasteiger partial charge >= 0.3 is 0 Å². The SMILES string of the molecule is CCOC1CC(NC(=NC)NC(C)COC)C12CCCC2.I. The van der Waals surface area contributed by atoms with Crippen molar-refractivity contribution in [3.63, 3.8) is 0 Å². The van der Waals surface area contributed by atoms with Gasteiger partial charge in [0.05, 0.1) is 12.7 Å². The van der Waals surface area contributed by atoms with E-state index in [1.54, 1.807) is 7.11 Å². The standard InChI is InChI=1S/C16H31N3O2.HI/c1-5-21-14-10-13(16(14)8-6-7-9-16)19-15(17-3)18-12(2)11-20-4;/h12-14H,5-11H2,1-4H3,(H2,17,18,19);1H. The molecule has 3 atom stereocenters. The Morgan fingerprint density at radius 3 is 2.59 bits per heavy atom. The molecule has 1 spiro atoms. The molecule has 2 rings (SSSR count).